The summed E-state index contributed by atoms with van der Waals surface area (Å²) in [5, 5.41) is 4.56. The van der Waals surface area contributed by atoms with Crippen molar-refractivity contribution in [2.24, 2.45) is 0 Å². The molecule has 0 spiro atoms. The number of ether oxygens (including phenoxy) is 3. The molecule has 1 atom stereocenters. The Hall–Kier alpha value is -3.25. The van der Waals surface area contributed by atoms with E-state index < -0.39 is 0 Å². The number of hydrogen-bond donors (Lipinski definition) is 2. The van der Waals surface area contributed by atoms with Crippen molar-refractivity contribution in [1.29, 1.82) is 0 Å². The Balaban J connectivity index is 1.84. The normalized spacial score (nSPS) is 16.6. The third-order valence-electron chi connectivity index (χ3n) is 4.86. The van der Waals surface area contributed by atoms with Gasteiger partial charge in [0.25, 0.3) is 0 Å². The number of aromatic nitrogens is 2. The summed E-state index contributed by atoms with van der Waals surface area (Å²) >= 11 is 0. The van der Waals surface area contributed by atoms with E-state index in [1.807, 2.05) is 51.2 Å². The summed E-state index contributed by atoms with van der Waals surface area (Å²) in [6.07, 6.45) is 7.66. The predicted octanol–water partition coefficient (Wildman–Crippen LogP) is 4.75. The number of nitrogens with zero attached hydrogens (tertiary/aromatic N) is 1. The summed E-state index contributed by atoms with van der Waals surface area (Å²) in [5.41, 5.74) is 4.46. The lowest BCUT2D eigenvalue weighted by molar-refractivity contribution is -0.0452. The topological polar surface area (TPSA) is 68.4 Å². The van der Waals surface area contributed by atoms with Crippen molar-refractivity contribution in [3.63, 3.8) is 0 Å². The van der Waals surface area contributed by atoms with Crippen LogP contribution >= 0.6 is 0 Å². The fourth-order valence-electron chi connectivity index (χ4n) is 3.66. The van der Waals surface area contributed by atoms with Crippen LogP contribution in [-0.2, 0) is 4.74 Å². The van der Waals surface area contributed by atoms with Crippen LogP contribution in [0.15, 0.2) is 54.9 Å². The minimum Gasteiger partial charge on any atom is -0.493 e. The van der Waals surface area contributed by atoms with Crippen molar-refractivity contribution in [3.05, 3.63) is 66.0 Å². The number of fused-ring (bicyclic) bond motifs is 1. The number of rotatable bonds is 5. The lowest BCUT2D eigenvalue weighted by Crippen LogP contribution is -2.37. The van der Waals surface area contributed by atoms with Gasteiger partial charge in [-0.25, -0.2) is 4.98 Å². The van der Waals surface area contributed by atoms with Crippen LogP contribution in [0.2, 0.25) is 0 Å². The number of benzene rings is 1. The number of dihydropyridines is 1. The SMILES string of the molecule is COc1cccc(C2=CC(c3c[nH]c4ncccc34)=CC(OC(C)(C)C)N2)c1OC. The maximum Gasteiger partial charge on any atom is 0.169 e. The first-order valence-corrected chi connectivity index (χ1v) is 9.91. The first-order valence-electron chi connectivity index (χ1n) is 9.91. The van der Waals surface area contributed by atoms with Crippen LogP contribution in [0.5, 0.6) is 11.5 Å². The molecule has 1 aliphatic heterocycles. The Morgan fingerprint density at radius 2 is 1.83 bits per heavy atom. The number of methoxy groups -OCH3 is 2. The van der Waals surface area contributed by atoms with Crippen LogP contribution < -0.4 is 14.8 Å². The molecule has 4 rings (SSSR count). The Morgan fingerprint density at radius 1 is 1.00 bits per heavy atom. The molecule has 0 saturated carbocycles. The molecule has 0 radical (unpaired) electrons. The van der Waals surface area contributed by atoms with Gasteiger partial charge in [-0.05, 0) is 62.8 Å². The van der Waals surface area contributed by atoms with Gasteiger partial charge in [0.05, 0.1) is 19.8 Å². The molecule has 156 valence electrons. The Bertz CT molecular complexity index is 1120. The standard InChI is InChI=1S/C24H27N3O3/c1-24(2,3)30-21-13-15(18-14-26-23-16(18)9-7-11-25-23)12-19(27-21)17-8-6-10-20(28-4)22(17)29-5/h6-14,21,27H,1-5H3,(H,25,26). The van der Waals surface area contributed by atoms with Crippen LogP contribution in [0.25, 0.3) is 22.3 Å². The summed E-state index contributed by atoms with van der Waals surface area (Å²) < 4.78 is 17.4. The van der Waals surface area contributed by atoms with Gasteiger partial charge in [-0.3, -0.25) is 0 Å². The minimum absolute atomic E-state index is 0.308. The van der Waals surface area contributed by atoms with E-state index in [4.69, 9.17) is 14.2 Å². The number of H-pyrrole nitrogens is 1. The van der Waals surface area contributed by atoms with Gasteiger partial charge in [-0.15, -0.1) is 0 Å². The molecule has 3 heterocycles. The molecule has 0 fully saturated rings. The van der Waals surface area contributed by atoms with E-state index in [2.05, 4.69) is 33.5 Å². The lowest BCUT2D eigenvalue weighted by atomic mass is 9.98. The summed E-state index contributed by atoms with van der Waals surface area (Å²) in [4.78, 5) is 7.67. The summed E-state index contributed by atoms with van der Waals surface area (Å²) in [7, 11) is 3.29. The molecule has 1 aromatic carbocycles. The Kier molecular flexibility index (Phi) is 5.26. The zero-order valence-corrected chi connectivity index (χ0v) is 17.9. The highest BCUT2D eigenvalue weighted by Gasteiger charge is 2.25. The molecule has 2 N–H and O–H groups in total. The monoisotopic (exact) mass is 405 g/mol. The van der Waals surface area contributed by atoms with Gasteiger partial charge >= 0.3 is 0 Å². The highest BCUT2D eigenvalue weighted by molar-refractivity contribution is 5.97. The second-order valence-electron chi connectivity index (χ2n) is 8.12. The third kappa shape index (κ3) is 3.91. The van der Waals surface area contributed by atoms with Gasteiger partial charge in [0.2, 0.25) is 0 Å². The van der Waals surface area contributed by atoms with Crippen LogP contribution in [0, 0.1) is 0 Å². The van der Waals surface area contributed by atoms with E-state index >= 15 is 0 Å². The highest BCUT2D eigenvalue weighted by atomic mass is 16.5. The minimum atomic E-state index is -0.317. The highest BCUT2D eigenvalue weighted by Crippen LogP contribution is 2.38. The van der Waals surface area contributed by atoms with Gasteiger partial charge < -0.3 is 24.5 Å². The number of aromatic amines is 1. The van der Waals surface area contributed by atoms with Gasteiger partial charge in [-0.2, -0.15) is 0 Å². The first-order chi connectivity index (χ1) is 14.4. The third-order valence-corrected chi connectivity index (χ3v) is 4.86. The number of hydrogen-bond acceptors (Lipinski definition) is 5. The van der Waals surface area contributed by atoms with Crippen molar-refractivity contribution >= 4 is 22.3 Å². The smallest absolute Gasteiger partial charge is 0.169 e. The molecular weight excluding hydrogens is 378 g/mol. The predicted molar refractivity (Wildman–Crippen MR) is 119 cm³/mol. The Labute approximate surface area is 176 Å². The van der Waals surface area contributed by atoms with Crippen molar-refractivity contribution in [2.45, 2.75) is 32.6 Å². The van der Waals surface area contributed by atoms with E-state index in [9.17, 15) is 0 Å². The summed E-state index contributed by atoms with van der Waals surface area (Å²) in [5.74, 6) is 1.36. The summed E-state index contributed by atoms with van der Waals surface area (Å²) in [6, 6.07) is 9.86. The van der Waals surface area contributed by atoms with Crippen LogP contribution in [0.1, 0.15) is 31.9 Å². The average Bonchev–Trinajstić information content (AvgIpc) is 3.15. The fourth-order valence-corrected chi connectivity index (χ4v) is 3.66. The first kappa shape index (κ1) is 20.0. The second-order valence-corrected chi connectivity index (χ2v) is 8.12. The lowest BCUT2D eigenvalue weighted by Gasteiger charge is -2.31. The molecule has 1 aliphatic rings. The molecule has 30 heavy (non-hydrogen) atoms. The maximum absolute atomic E-state index is 6.27. The van der Waals surface area contributed by atoms with Crippen molar-refractivity contribution in [2.75, 3.05) is 14.2 Å². The molecule has 0 bridgehead atoms. The molecular formula is C24H27N3O3. The van der Waals surface area contributed by atoms with E-state index in [-0.39, 0.29) is 11.8 Å². The largest absolute Gasteiger partial charge is 0.493 e. The number of pyridine rings is 1. The van der Waals surface area contributed by atoms with Crippen LogP contribution in [0.4, 0.5) is 0 Å². The van der Waals surface area contributed by atoms with E-state index in [1.165, 1.54) is 0 Å². The van der Waals surface area contributed by atoms with Crippen molar-refractivity contribution < 1.29 is 14.2 Å². The molecule has 2 aromatic heterocycles. The molecule has 6 heteroatoms. The number of nitrogens with one attached hydrogen (secondary N) is 2. The van der Waals surface area contributed by atoms with E-state index in [1.54, 1.807) is 20.4 Å². The fraction of sp³-hybridized carbons (Fsp3) is 0.292. The molecule has 6 nitrogen and oxygen atoms in total. The Morgan fingerprint density at radius 3 is 2.57 bits per heavy atom. The molecule has 0 aliphatic carbocycles. The zero-order valence-electron chi connectivity index (χ0n) is 17.9. The summed E-state index contributed by atoms with van der Waals surface area (Å²) in [6.45, 7) is 6.13. The van der Waals surface area contributed by atoms with E-state index in [0.29, 0.717) is 11.5 Å². The molecule has 3 aromatic rings. The second kappa shape index (κ2) is 7.88. The quantitative estimate of drug-likeness (QED) is 0.641. The van der Waals surface area contributed by atoms with Gasteiger partial charge in [0.1, 0.15) is 11.9 Å². The molecule has 1 unspecified atom stereocenters. The zero-order chi connectivity index (χ0) is 21.3. The van der Waals surface area contributed by atoms with E-state index in [0.717, 1.165) is 33.4 Å². The van der Waals surface area contributed by atoms with Gasteiger partial charge in [-0.1, -0.05) is 6.07 Å². The molecule has 0 amide bonds. The van der Waals surface area contributed by atoms with Gasteiger partial charge in [0.15, 0.2) is 11.5 Å². The number of para-hydroxylation sites is 1. The van der Waals surface area contributed by atoms with Crippen LogP contribution in [0.3, 0.4) is 0 Å². The van der Waals surface area contributed by atoms with Crippen molar-refractivity contribution in [1.82, 2.24) is 15.3 Å². The number of allylic oxidation sites excluding steroid dienone is 2. The van der Waals surface area contributed by atoms with Gasteiger partial charge in [0, 0.05) is 34.6 Å². The maximum atomic E-state index is 6.27. The van der Waals surface area contributed by atoms with Crippen molar-refractivity contribution in [3.8, 4) is 11.5 Å². The molecule has 0 saturated heterocycles. The average molecular weight is 405 g/mol. The van der Waals surface area contributed by atoms with Crippen LogP contribution in [-0.4, -0.2) is 36.0 Å².